The van der Waals surface area contributed by atoms with Gasteiger partial charge in [-0.1, -0.05) is 23.2 Å². The molecule has 0 aliphatic rings. The highest BCUT2D eigenvalue weighted by Crippen LogP contribution is 2.23. The molecular formula is C10H11Cl2N3O. The molecule has 0 spiro atoms. The van der Waals surface area contributed by atoms with E-state index in [1.807, 2.05) is 0 Å². The van der Waals surface area contributed by atoms with Gasteiger partial charge in [0.15, 0.2) is 5.65 Å². The van der Waals surface area contributed by atoms with Crippen LogP contribution in [0.3, 0.4) is 0 Å². The van der Waals surface area contributed by atoms with Crippen LogP contribution in [-0.2, 0) is 6.42 Å². The van der Waals surface area contributed by atoms with Gasteiger partial charge in [-0.05, 0) is 19.4 Å². The molecule has 0 amide bonds. The summed E-state index contributed by atoms with van der Waals surface area (Å²) in [6, 6.07) is 1.70. The van der Waals surface area contributed by atoms with Crippen LogP contribution in [0.15, 0.2) is 6.07 Å². The van der Waals surface area contributed by atoms with Gasteiger partial charge in [-0.15, -0.1) is 0 Å². The van der Waals surface area contributed by atoms with Gasteiger partial charge in [0.1, 0.15) is 11.0 Å². The Morgan fingerprint density at radius 3 is 2.88 bits per heavy atom. The van der Waals surface area contributed by atoms with E-state index in [0.29, 0.717) is 23.5 Å². The van der Waals surface area contributed by atoms with Crippen LogP contribution in [0.1, 0.15) is 19.2 Å². The maximum atomic E-state index is 9.18. The summed E-state index contributed by atoms with van der Waals surface area (Å²) in [7, 11) is 0. The second-order valence-corrected chi connectivity index (χ2v) is 4.47. The smallest absolute Gasteiger partial charge is 0.179 e. The fourth-order valence-electron chi connectivity index (χ4n) is 1.41. The van der Waals surface area contributed by atoms with E-state index < -0.39 is 0 Å². The standard InChI is InChI=1S/C10H11Cl2N3O/c1-5(16)2-3-8-13-7-4-6(11)9(12)15-10(7)14-8/h4-5,16H,2-3H2,1H3,(H,13,14,15). The van der Waals surface area contributed by atoms with E-state index in [4.69, 9.17) is 23.2 Å². The Morgan fingerprint density at radius 1 is 1.44 bits per heavy atom. The average molecular weight is 260 g/mol. The highest BCUT2D eigenvalue weighted by Gasteiger charge is 2.08. The van der Waals surface area contributed by atoms with E-state index in [9.17, 15) is 5.11 Å². The number of rotatable bonds is 3. The highest BCUT2D eigenvalue weighted by molar-refractivity contribution is 6.41. The third-order valence-corrected chi connectivity index (χ3v) is 2.90. The van der Waals surface area contributed by atoms with E-state index in [2.05, 4.69) is 15.0 Å². The molecule has 0 aromatic carbocycles. The number of aryl methyl sites for hydroxylation is 1. The summed E-state index contributed by atoms with van der Waals surface area (Å²) in [6.45, 7) is 1.74. The number of hydrogen-bond acceptors (Lipinski definition) is 3. The minimum atomic E-state index is -0.339. The van der Waals surface area contributed by atoms with Crippen molar-refractivity contribution in [2.24, 2.45) is 0 Å². The van der Waals surface area contributed by atoms with Crippen molar-refractivity contribution in [1.29, 1.82) is 0 Å². The lowest BCUT2D eigenvalue weighted by molar-refractivity contribution is 0.184. The molecule has 2 aromatic rings. The number of pyridine rings is 1. The molecule has 0 aliphatic heterocycles. The van der Waals surface area contributed by atoms with E-state index in [1.54, 1.807) is 13.0 Å². The van der Waals surface area contributed by atoms with Gasteiger partial charge in [0.05, 0.1) is 16.6 Å². The molecule has 0 saturated heterocycles. The van der Waals surface area contributed by atoms with E-state index in [-0.39, 0.29) is 11.3 Å². The van der Waals surface area contributed by atoms with Crippen molar-refractivity contribution in [2.75, 3.05) is 0 Å². The lowest BCUT2D eigenvalue weighted by Crippen LogP contribution is -2.02. The molecule has 0 bridgehead atoms. The molecule has 6 heteroatoms. The van der Waals surface area contributed by atoms with Crippen molar-refractivity contribution >= 4 is 34.4 Å². The summed E-state index contributed by atoms with van der Waals surface area (Å²) in [5.41, 5.74) is 1.31. The predicted molar refractivity (Wildman–Crippen MR) is 63.9 cm³/mol. The zero-order chi connectivity index (χ0) is 11.7. The molecule has 86 valence electrons. The van der Waals surface area contributed by atoms with Crippen molar-refractivity contribution < 1.29 is 5.11 Å². The topological polar surface area (TPSA) is 61.8 Å². The van der Waals surface area contributed by atoms with Crippen molar-refractivity contribution in [3.63, 3.8) is 0 Å². The van der Waals surface area contributed by atoms with Gasteiger partial charge in [0, 0.05) is 6.42 Å². The average Bonchev–Trinajstić information content (AvgIpc) is 2.58. The van der Waals surface area contributed by atoms with Crippen LogP contribution in [0.25, 0.3) is 11.2 Å². The van der Waals surface area contributed by atoms with E-state index in [0.717, 1.165) is 11.3 Å². The molecular weight excluding hydrogens is 249 g/mol. The Hall–Kier alpha value is -0.840. The molecule has 2 aromatic heterocycles. The maximum absolute atomic E-state index is 9.18. The van der Waals surface area contributed by atoms with Crippen LogP contribution in [0.2, 0.25) is 10.2 Å². The molecule has 0 fully saturated rings. The number of hydrogen-bond donors (Lipinski definition) is 2. The summed E-state index contributed by atoms with van der Waals surface area (Å²) < 4.78 is 0. The van der Waals surface area contributed by atoms with Crippen LogP contribution in [-0.4, -0.2) is 26.2 Å². The predicted octanol–water partition coefficient (Wildman–Crippen LogP) is 2.58. The molecule has 2 heterocycles. The van der Waals surface area contributed by atoms with Crippen molar-refractivity contribution in [3.05, 3.63) is 22.1 Å². The Bertz CT molecular complexity index is 471. The van der Waals surface area contributed by atoms with E-state index in [1.165, 1.54) is 0 Å². The minimum Gasteiger partial charge on any atom is -0.393 e. The van der Waals surface area contributed by atoms with Gasteiger partial charge >= 0.3 is 0 Å². The Kier molecular flexibility index (Phi) is 3.33. The van der Waals surface area contributed by atoms with E-state index >= 15 is 0 Å². The molecule has 0 saturated carbocycles. The Balaban J connectivity index is 2.29. The first-order chi connectivity index (χ1) is 7.56. The number of aromatic nitrogens is 3. The molecule has 16 heavy (non-hydrogen) atoms. The second-order valence-electron chi connectivity index (χ2n) is 3.70. The fourth-order valence-corrected chi connectivity index (χ4v) is 1.70. The van der Waals surface area contributed by atoms with Gasteiger partial charge in [-0.2, -0.15) is 0 Å². The number of halogens is 2. The largest absolute Gasteiger partial charge is 0.393 e. The Morgan fingerprint density at radius 2 is 2.19 bits per heavy atom. The van der Waals surface area contributed by atoms with Gasteiger partial charge in [0.2, 0.25) is 0 Å². The van der Waals surface area contributed by atoms with Crippen LogP contribution >= 0.6 is 23.2 Å². The summed E-state index contributed by atoms with van der Waals surface area (Å²) in [5.74, 6) is 0.779. The summed E-state index contributed by atoms with van der Waals surface area (Å²) in [4.78, 5) is 11.4. The summed E-state index contributed by atoms with van der Waals surface area (Å²) >= 11 is 11.6. The Labute approximate surface area is 103 Å². The van der Waals surface area contributed by atoms with Crippen molar-refractivity contribution in [1.82, 2.24) is 15.0 Å². The number of imidazole rings is 1. The molecule has 4 nitrogen and oxygen atoms in total. The molecule has 2 rings (SSSR count). The van der Waals surface area contributed by atoms with Gasteiger partial charge in [0.25, 0.3) is 0 Å². The second kappa shape index (κ2) is 4.57. The van der Waals surface area contributed by atoms with Gasteiger partial charge in [-0.3, -0.25) is 0 Å². The molecule has 1 atom stereocenters. The number of H-pyrrole nitrogens is 1. The third kappa shape index (κ3) is 2.45. The molecule has 2 N–H and O–H groups in total. The molecule has 1 unspecified atom stereocenters. The SMILES string of the molecule is CC(O)CCc1nc2nc(Cl)c(Cl)cc2[nH]1. The number of aliphatic hydroxyl groups is 1. The first-order valence-corrected chi connectivity index (χ1v) is 5.70. The van der Waals surface area contributed by atoms with Crippen LogP contribution in [0.4, 0.5) is 0 Å². The lowest BCUT2D eigenvalue weighted by Gasteiger charge is -1.99. The lowest BCUT2D eigenvalue weighted by atomic mass is 10.2. The van der Waals surface area contributed by atoms with Crippen LogP contribution in [0, 0.1) is 0 Å². The minimum absolute atomic E-state index is 0.253. The number of fused-ring (bicyclic) bond motifs is 1. The maximum Gasteiger partial charge on any atom is 0.179 e. The van der Waals surface area contributed by atoms with Crippen molar-refractivity contribution in [2.45, 2.75) is 25.9 Å². The quantitative estimate of drug-likeness (QED) is 0.834. The first kappa shape index (κ1) is 11.6. The number of aromatic amines is 1. The molecule has 0 radical (unpaired) electrons. The number of aliphatic hydroxyl groups excluding tert-OH is 1. The normalized spacial score (nSPS) is 13.2. The summed E-state index contributed by atoms with van der Waals surface area (Å²) in [6.07, 6.45) is 0.984. The third-order valence-electron chi connectivity index (χ3n) is 2.23. The fraction of sp³-hybridized carbons (Fsp3) is 0.400. The van der Waals surface area contributed by atoms with Gasteiger partial charge < -0.3 is 10.1 Å². The molecule has 0 aliphatic carbocycles. The zero-order valence-corrected chi connectivity index (χ0v) is 10.2. The van der Waals surface area contributed by atoms with Crippen LogP contribution < -0.4 is 0 Å². The number of nitrogens with zero attached hydrogens (tertiary/aromatic N) is 2. The zero-order valence-electron chi connectivity index (χ0n) is 8.67. The van der Waals surface area contributed by atoms with Crippen molar-refractivity contribution in [3.8, 4) is 0 Å². The number of nitrogens with one attached hydrogen (secondary N) is 1. The first-order valence-electron chi connectivity index (χ1n) is 4.95. The highest BCUT2D eigenvalue weighted by atomic mass is 35.5. The van der Waals surface area contributed by atoms with Gasteiger partial charge in [-0.25, -0.2) is 9.97 Å². The summed E-state index contributed by atoms with van der Waals surface area (Å²) in [5, 5.41) is 9.83. The monoisotopic (exact) mass is 259 g/mol. The van der Waals surface area contributed by atoms with Crippen LogP contribution in [0.5, 0.6) is 0 Å².